The maximum atomic E-state index is 12.0. The Morgan fingerprint density at radius 2 is 2.15 bits per heavy atom. The van der Waals surface area contributed by atoms with Crippen LogP contribution in [0.1, 0.15) is 23.0 Å². The molecule has 0 fully saturated rings. The first-order valence-corrected chi connectivity index (χ1v) is 6.98. The van der Waals surface area contributed by atoms with Crippen molar-refractivity contribution in [3.63, 3.8) is 0 Å². The number of rotatable bonds is 5. The molecule has 1 N–H and O–H groups in total. The number of carbonyl (C=O) groups is 1. The zero-order valence-corrected chi connectivity index (χ0v) is 12.4. The van der Waals surface area contributed by atoms with E-state index in [0.29, 0.717) is 28.6 Å². The number of aromatic nitrogens is 1. The lowest BCUT2D eigenvalue weighted by Gasteiger charge is -2.10. The number of benzene rings is 1. The van der Waals surface area contributed by atoms with E-state index < -0.39 is 0 Å². The fourth-order valence-corrected chi connectivity index (χ4v) is 2.57. The van der Waals surface area contributed by atoms with Crippen molar-refractivity contribution < 1.29 is 14.3 Å². The summed E-state index contributed by atoms with van der Waals surface area (Å²) in [6, 6.07) is 7.50. The summed E-state index contributed by atoms with van der Waals surface area (Å²) >= 11 is 1.23. The second-order valence-corrected chi connectivity index (χ2v) is 4.79. The molecule has 0 aliphatic heterocycles. The largest absolute Gasteiger partial charge is 0.495 e. The Kier molecular flexibility index (Phi) is 4.57. The van der Waals surface area contributed by atoms with Gasteiger partial charge in [0, 0.05) is 0 Å². The Bertz CT molecular complexity index is 610. The van der Waals surface area contributed by atoms with Gasteiger partial charge >= 0.3 is 5.97 Å². The van der Waals surface area contributed by atoms with Gasteiger partial charge in [0.25, 0.3) is 0 Å². The number of nitrogens with one attached hydrogen (secondary N) is 1. The van der Waals surface area contributed by atoms with Gasteiger partial charge in [-0.2, -0.15) is 4.37 Å². The summed E-state index contributed by atoms with van der Waals surface area (Å²) < 4.78 is 14.5. The first kappa shape index (κ1) is 14.3. The molecule has 106 valence electrons. The van der Waals surface area contributed by atoms with Gasteiger partial charge in [-0.1, -0.05) is 12.1 Å². The summed E-state index contributed by atoms with van der Waals surface area (Å²) in [4.78, 5) is 12.0. The van der Waals surface area contributed by atoms with Gasteiger partial charge < -0.3 is 14.8 Å². The standard InChI is InChI=1S/C14H16N2O3S/c1-4-19-14(17)12-9(2)16-20-13(12)15-10-7-5-6-8-11(10)18-3/h5-8,15H,4H2,1-3H3. The first-order valence-electron chi connectivity index (χ1n) is 6.20. The number of anilines is 2. The third-order valence-electron chi connectivity index (χ3n) is 2.70. The number of hydrogen-bond acceptors (Lipinski definition) is 6. The third kappa shape index (κ3) is 2.91. The van der Waals surface area contributed by atoms with Crippen LogP contribution in [0.2, 0.25) is 0 Å². The molecule has 1 aromatic carbocycles. The van der Waals surface area contributed by atoms with E-state index in [0.717, 1.165) is 5.69 Å². The van der Waals surface area contributed by atoms with Crippen molar-refractivity contribution in [3.8, 4) is 5.75 Å². The monoisotopic (exact) mass is 292 g/mol. The number of hydrogen-bond donors (Lipinski definition) is 1. The number of methoxy groups -OCH3 is 1. The van der Waals surface area contributed by atoms with Gasteiger partial charge in [0.05, 0.1) is 25.1 Å². The molecule has 0 saturated heterocycles. The summed E-state index contributed by atoms with van der Waals surface area (Å²) in [5, 5.41) is 3.84. The van der Waals surface area contributed by atoms with Crippen LogP contribution >= 0.6 is 11.5 Å². The minimum absolute atomic E-state index is 0.336. The molecule has 2 rings (SSSR count). The fraction of sp³-hybridized carbons (Fsp3) is 0.286. The van der Waals surface area contributed by atoms with Crippen LogP contribution in [0.4, 0.5) is 10.7 Å². The van der Waals surface area contributed by atoms with Crippen LogP contribution < -0.4 is 10.1 Å². The van der Waals surface area contributed by atoms with E-state index in [2.05, 4.69) is 9.69 Å². The minimum Gasteiger partial charge on any atom is -0.495 e. The van der Waals surface area contributed by atoms with E-state index in [1.807, 2.05) is 24.3 Å². The fourth-order valence-electron chi connectivity index (χ4n) is 1.77. The zero-order chi connectivity index (χ0) is 14.5. The maximum Gasteiger partial charge on any atom is 0.343 e. The summed E-state index contributed by atoms with van der Waals surface area (Å²) in [7, 11) is 1.60. The summed E-state index contributed by atoms with van der Waals surface area (Å²) in [5.74, 6) is 0.338. The molecular formula is C14H16N2O3S. The van der Waals surface area contributed by atoms with Crippen LogP contribution in [0, 0.1) is 6.92 Å². The van der Waals surface area contributed by atoms with Crippen LogP contribution in [0.25, 0.3) is 0 Å². The SMILES string of the molecule is CCOC(=O)c1c(C)nsc1Nc1ccccc1OC. The number of nitrogens with zero attached hydrogens (tertiary/aromatic N) is 1. The lowest BCUT2D eigenvalue weighted by Crippen LogP contribution is -2.07. The molecule has 0 amide bonds. The van der Waals surface area contributed by atoms with Crippen molar-refractivity contribution >= 4 is 28.2 Å². The quantitative estimate of drug-likeness (QED) is 0.856. The highest BCUT2D eigenvalue weighted by molar-refractivity contribution is 7.10. The van der Waals surface area contributed by atoms with E-state index in [-0.39, 0.29) is 5.97 Å². The first-order chi connectivity index (χ1) is 9.67. The molecule has 0 unspecified atom stereocenters. The van der Waals surface area contributed by atoms with Gasteiger partial charge in [0.2, 0.25) is 0 Å². The molecule has 2 aromatic rings. The number of para-hydroxylation sites is 2. The highest BCUT2D eigenvalue weighted by Gasteiger charge is 2.20. The van der Waals surface area contributed by atoms with Crippen LogP contribution in [0.5, 0.6) is 5.75 Å². The summed E-state index contributed by atoms with van der Waals surface area (Å²) in [6.07, 6.45) is 0. The molecule has 5 nitrogen and oxygen atoms in total. The Balaban J connectivity index is 2.32. The van der Waals surface area contributed by atoms with Crippen LogP contribution in [0.3, 0.4) is 0 Å². The van der Waals surface area contributed by atoms with E-state index in [4.69, 9.17) is 9.47 Å². The van der Waals surface area contributed by atoms with Gasteiger partial charge in [-0.25, -0.2) is 4.79 Å². The zero-order valence-electron chi connectivity index (χ0n) is 11.6. The average molecular weight is 292 g/mol. The summed E-state index contributed by atoms with van der Waals surface area (Å²) in [6.45, 7) is 3.90. The van der Waals surface area contributed by atoms with E-state index >= 15 is 0 Å². The second-order valence-electron chi connectivity index (χ2n) is 4.02. The highest BCUT2D eigenvalue weighted by Crippen LogP contribution is 2.32. The molecule has 1 heterocycles. The van der Waals surface area contributed by atoms with Gasteiger partial charge in [-0.15, -0.1) is 0 Å². The number of ether oxygens (including phenoxy) is 2. The second kappa shape index (κ2) is 6.38. The molecule has 6 heteroatoms. The molecule has 0 aliphatic rings. The average Bonchev–Trinajstić information content (AvgIpc) is 2.80. The Morgan fingerprint density at radius 1 is 1.40 bits per heavy atom. The Labute approximate surface area is 121 Å². The molecule has 0 aliphatic carbocycles. The topological polar surface area (TPSA) is 60.5 Å². The molecule has 1 aromatic heterocycles. The maximum absolute atomic E-state index is 12.0. The van der Waals surface area contributed by atoms with Gasteiger partial charge in [-0.3, -0.25) is 0 Å². The smallest absolute Gasteiger partial charge is 0.343 e. The lowest BCUT2D eigenvalue weighted by molar-refractivity contribution is 0.0527. The molecule has 0 bridgehead atoms. The Hall–Kier alpha value is -2.08. The lowest BCUT2D eigenvalue weighted by atomic mass is 10.2. The van der Waals surface area contributed by atoms with Gasteiger partial charge in [-0.05, 0) is 37.5 Å². The Morgan fingerprint density at radius 3 is 2.85 bits per heavy atom. The van der Waals surface area contributed by atoms with Crippen LogP contribution in [-0.2, 0) is 4.74 Å². The highest BCUT2D eigenvalue weighted by atomic mass is 32.1. The van der Waals surface area contributed by atoms with E-state index in [1.54, 1.807) is 21.0 Å². The predicted molar refractivity (Wildman–Crippen MR) is 79.1 cm³/mol. The van der Waals surface area contributed by atoms with Crippen molar-refractivity contribution in [1.82, 2.24) is 4.37 Å². The van der Waals surface area contributed by atoms with E-state index in [9.17, 15) is 4.79 Å². The van der Waals surface area contributed by atoms with Crippen molar-refractivity contribution in [2.45, 2.75) is 13.8 Å². The predicted octanol–water partition coefficient (Wildman–Crippen LogP) is 3.38. The van der Waals surface area contributed by atoms with Gasteiger partial charge in [0.15, 0.2) is 0 Å². The van der Waals surface area contributed by atoms with Crippen LogP contribution in [-0.4, -0.2) is 24.1 Å². The molecule has 0 spiro atoms. The minimum atomic E-state index is -0.365. The molecule has 0 radical (unpaired) electrons. The number of aryl methyl sites for hydroxylation is 1. The normalized spacial score (nSPS) is 10.2. The molecule has 0 saturated carbocycles. The molecule has 20 heavy (non-hydrogen) atoms. The number of carbonyl (C=O) groups excluding carboxylic acids is 1. The summed E-state index contributed by atoms with van der Waals surface area (Å²) in [5.41, 5.74) is 1.91. The van der Waals surface area contributed by atoms with Crippen molar-refractivity contribution in [2.24, 2.45) is 0 Å². The molecule has 0 atom stereocenters. The molecular weight excluding hydrogens is 276 g/mol. The van der Waals surface area contributed by atoms with Gasteiger partial charge in [0.1, 0.15) is 16.3 Å². The van der Waals surface area contributed by atoms with Crippen LogP contribution in [0.15, 0.2) is 24.3 Å². The number of esters is 1. The van der Waals surface area contributed by atoms with Crippen molar-refractivity contribution in [2.75, 3.05) is 19.0 Å². The van der Waals surface area contributed by atoms with Crippen molar-refractivity contribution in [1.29, 1.82) is 0 Å². The third-order valence-corrected chi connectivity index (χ3v) is 3.55. The van der Waals surface area contributed by atoms with E-state index in [1.165, 1.54) is 11.5 Å². The van der Waals surface area contributed by atoms with Crippen molar-refractivity contribution in [3.05, 3.63) is 35.5 Å².